The summed E-state index contributed by atoms with van der Waals surface area (Å²) in [5, 5.41) is 3.06. The Kier molecular flexibility index (Phi) is 7.77. The Labute approximate surface area is 184 Å². The second-order valence-corrected chi connectivity index (χ2v) is 8.93. The van der Waals surface area contributed by atoms with Crippen molar-refractivity contribution in [2.45, 2.75) is 38.1 Å². The molecular formula is C21H25ClN2O5S. The first-order valence-electron chi connectivity index (χ1n) is 10.00. The number of hydrogen-bond acceptors (Lipinski definition) is 6. The van der Waals surface area contributed by atoms with E-state index in [1.807, 2.05) is 6.26 Å². The van der Waals surface area contributed by atoms with E-state index in [0.29, 0.717) is 35.7 Å². The van der Waals surface area contributed by atoms with Crippen LogP contribution in [-0.4, -0.2) is 53.2 Å². The van der Waals surface area contributed by atoms with E-state index in [9.17, 15) is 19.2 Å². The van der Waals surface area contributed by atoms with Crippen molar-refractivity contribution >= 4 is 52.7 Å². The van der Waals surface area contributed by atoms with Crippen molar-refractivity contribution in [3.63, 3.8) is 0 Å². The molecule has 1 aliphatic carbocycles. The van der Waals surface area contributed by atoms with Crippen LogP contribution in [0.4, 0.5) is 5.69 Å². The second kappa shape index (κ2) is 10.3. The van der Waals surface area contributed by atoms with Gasteiger partial charge in [0, 0.05) is 10.7 Å². The molecule has 0 unspecified atom stereocenters. The van der Waals surface area contributed by atoms with E-state index < -0.39 is 24.5 Å². The van der Waals surface area contributed by atoms with Gasteiger partial charge in [-0.15, -0.1) is 0 Å². The third-order valence-electron chi connectivity index (χ3n) is 5.51. The zero-order valence-corrected chi connectivity index (χ0v) is 18.3. The maximum Gasteiger partial charge on any atom is 0.329 e. The first-order valence-corrected chi connectivity index (χ1v) is 11.8. The number of amides is 3. The maximum atomic E-state index is 12.9. The second-order valence-electron chi connectivity index (χ2n) is 7.51. The van der Waals surface area contributed by atoms with E-state index in [4.69, 9.17) is 16.3 Å². The molecule has 0 radical (unpaired) electrons. The number of halogens is 1. The topological polar surface area (TPSA) is 92.8 Å². The van der Waals surface area contributed by atoms with E-state index in [2.05, 4.69) is 5.32 Å². The van der Waals surface area contributed by atoms with Crippen LogP contribution in [0.5, 0.6) is 0 Å². The molecule has 3 atom stereocenters. The lowest BCUT2D eigenvalue weighted by molar-refractivity contribution is -0.160. The number of carbonyl (C=O) groups excluding carboxylic acids is 4. The van der Waals surface area contributed by atoms with E-state index in [0.717, 1.165) is 17.7 Å². The van der Waals surface area contributed by atoms with Gasteiger partial charge < -0.3 is 10.1 Å². The Balaban J connectivity index is 1.64. The molecule has 9 heteroatoms. The molecule has 1 saturated heterocycles. The molecule has 2 fully saturated rings. The third kappa shape index (κ3) is 5.16. The molecule has 162 valence electrons. The molecule has 3 amide bonds. The number of likely N-dealkylation sites (tertiary alicyclic amines) is 1. The molecule has 0 aromatic heterocycles. The molecule has 1 aromatic carbocycles. The average Bonchev–Trinajstić information content (AvgIpc) is 2.98. The molecule has 0 bridgehead atoms. The highest BCUT2D eigenvalue weighted by molar-refractivity contribution is 7.98. The van der Waals surface area contributed by atoms with Gasteiger partial charge in [0.05, 0.1) is 11.8 Å². The largest absolute Gasteiger partial charge is 0.454 e. The molecular weight excluding hydrogens is 428 g/mol. The Bertz CT molecular complexity index is 809. The number of carbonyl (C=O) groups is 4. The van der Waals surface area contributed by atoms with Crippen LogP contribution in [0.2, 0.25) is 5.02 Å². The first kappa shape index (κ1) is 22.6. The van der Waals surface area contributed by atoms with Crippen molar-refractivity contribution in [1.29, 1.82) is 0 Å². The molecule has 1 aliphatic heterocycles. The van der Waals surface area contributed by atoms with Crippen molar-refractivity contribution in [3.05, 3.63) is 29.3 Å². The van der Waals surface area contributed by atoms with Crippen molar-refractivity contribution < 1.29 is 23.9 Å². The van der Waals surface area contributed by atoms with Gasteiger partial charge in [-0.05, 0) is 49.5 Å². The van der Waals surface area contributed by atoms with E-state index in [1.54, 1.807) is 24.3 Å². The van der Waals surface area contributed by atoms with Crippen molar-refractivity contribution in [2.75, 3.05) is 23.9 Å². The Morgan fingerprint density at radius 3 is 2.50 bits per heavy atom. The molecule has 1 N–H and O–H groups in total. The number of ether oxygens (including phenoxy) is 1. The Hall–Kier alpha value is -2.06. The summed E-state index contributed by atoms with van der Waals surface area (Å²) >= 11 is 7.40. The fourth-order valence-corrected chi connectivity index (χ4v) is 4.72. The van der Waals surface area contributed by atoms with Crippen LogP contribution < -0.4 is 5.32 Å². The summed E-state index contributed by atoms with van der Waals surface area (Å²) in [5.74, 6) is -1.90. The van der Waals surface area contributed by atoms with Crippen LogP contribution in [0.25, 0.3) is 0 Å². The first-order chi connectivity index (χ1) is 14.4. The fraction of sp³-hybridized carbons (Fsp3) is 0.524. The van der Waals surface area contributed by atoms with Crippen LogP contribution in [0.15, 0.2) is 24.3 Å². The summed E-state index contributed by atoms with van der Waals surface area (Å²) < 4.78 is 5.19. The summed E-state index contributed by atoms with van der Waals surface area (Å²) in [7, 11) is 0. The molecule has 2 aliphatic rings. The van der Waals surface area contributed by atoms with Crippen LogP contribution in [0.1, 0.15) is 32.1 Å². The number of fused-ring (bicyclic) bond motifs is 1. The Morgan fingerprint density at radius 2 is 1.90 bits per heavy atom. The van der Waals surface area contributed by atoms with E-state index in [-0.39, 0.29) is 23.7 Å². The molecule has 30 heavy (non-hydrogen) atoms. The lowest BCUT2D eigenvalue weighted by Gasteiger charge is -2.25. The minimum absolute atomic E-state index is 0.281. The van der Waals surface area contributed by atoms with Gasteiger partial charge in [-0.1, -0.05) is 30.5 Å². The van der Waals surface area contributed by atoms with Gasteiger partial charge in [-0.3, -0.25) is 19.3 Å². The highest BCUT2D eigenvalue weighted by atomic mass is 35.5. The monoisotopic (exact) mass is 452 g/mol. The maximum absolute atomic E-state index is 12.9. The number of imide groups is 1. The lowest BCUT2D eigenvalue weighted by atomic mass is 9.81. The molecule has 3 rings (SSSR count). The minimum Gasteiger partial charge on any atom is -0.454 e. The predicted molar refractivity (Wildman–Crippen MR) is 115 cm³/mol. The van der Waals surface area contributed by atoms with Gasteiger partial charge in [-0.2, -0.15) is 11.8 Å². The predicted octanol–water partition coefficient (Wildman–Crippen LogP) is 3.12. The Morgan fingerprint density at radius 1 is 1.23 bits per heavy atom. The van der Waals surface area contributed by atoms with Gasteiger partial charge in [0.25, 0.3) is 5.91 Å². The summed E-state index contributed by atoms with van der Waals surface area (Å²) in [4.78, 5) is 51.7. The zero-order chi connectivity index (χ0) is 21.7. The SMILES string of the molecule is CSCC[C@H](C(=O)OCC(=O)Nc1cccc(Cl)c1)N1C(=O)[C@H]2CCCC[C@H]2C1=O. The van der Waals surface area contributed by atoms with Gasteiger partial charge in [0.15, 0.2) is 6.61 Å². The number of anilines is 1. The van der Waals surface area contributed by atoms with Crippen molar-refractivity contribution in [2.24, 2.45) is 11.8 Å². The average molecular weight is 453 g/mol. The van der Waals surface area contributed by atoms with Gasteiger partial charge in [0.2, 0.25) is 11.8 Å². The number of benzene rings is 1. The smallest absolute Gasteiger partial charge is 0.329 e. The number of nitrogens with one attached hydrogen (secondary N) is 1. The standard InChI is InChI=1S/C21H25ClN2O5S/c1-30-10-9-17(24-19(26)15-7-2-3-8-16(15)20(24)27)21(28)29-12-18(25)23-14-6-4-5-13(22)11-14/h4-6,11,15-17H,2-3,7-10,12H2,1H3,(H,23,25)/t15-,16+,17-/m1/s1. The molecule has 1 aromatic rings. The molecule has 0 spiro atoms. The fourth-order valence-electron chi connectivity index (χ4n) is 4.07. The van der Waals surface area contributed by atoms with Crippen molar-refractivity contribution in [1.82, 2.24) is 4.90 Å². The van der Waals surface area contributed by atoms with Gasteiger partial charge >= 0.3 is 5.97 Å². The van der Waals surface area contributed by atoms with Crippen LogP contribution in [0.3, 0.4) is 0 Å². The minimum atomic E-state index is -0.998. The van der Waals surface area contributed by atoms with E-state index in [1.165, 1.54) is 11.8 Å². The van der Waals surface area contributed by atoms with Crippen LogP contribution in [-0.2, 0) is 23.9 Å². The third-order valence-corrected chi connectivity index (χ3v) is 6.39. The zero-order valence-electron chi connectivity index (χ0n) is 16.8. The van der Waals surface area contributed by atoms with Gasteiger partial charge in [0.1, 0.15) is 6.04 Å². The highest BCUT2D eigenvalue weighted by Gasteiger charge is 2.52. The van der Waals surface area contributed by atoms with Crippen molar-refractivity contribution in [3.8, 4) is 0 Å². The molecule has 1 saturated carbocycles. The summed E-state index contributed by atoms with van der Waals surface area (Å²) in [6.45, 7) is -0.510. The number of esters is 1. The van der Waals surface area contributed by atoms with E-state index >= 15 is 0 Å². The normalized spacial score (nSPS) is 21.9. The van der Waals surface area contributed by atoms with Crippen LogP contribution >= 0.6 is 23.4 Å². The highest BCUT2D eigenvalue weighted by Crippen LogP contribution is 2.39. The van der Waals surface area contributed by atoms with Crippen LogP contribution in [0, 0.1) is 11.8 Å². The van der Waals surface area contributed by atoms with Gasteiger partial charge in [-0.25, -0.2) is 4.79 Å². The number of nitrogens with zero attached hydrogens (tertiary/aromatic N) is 1. The lowest BCUT2D eigenvalue weighted by Crippen LogP contribution is -2.47. The quantitative estimate of drug-likeness (QED) is 0.481. The molecule has 7 nitrogen and oxygen atoms in total. The summed E-state index contributed by atoms with van der Waals surface area (Å²) in [6.07, 6.45) is 5.37. The molecule has 1 heterocycles. The summed E-state index contributed by atoms with van der Waals surface area (Å²) in [6, 6.07) is 5.60. The summed E-state index contributed by atoms with van der Waals surface area (Å²) in [5.41, 5.74) is 0.483. The number of rotatable bonds is 8. The number of hydrogen-bond donors (Lipinski definition) is 1. The number of thioether (sulfide) groups is 1.